The van der Waals surface area contributed by atoms with Gasteiger partial charge in [-0.2, -0.15) is 0 Å². The number of benzene rings is 1. The zero-order chi connectivity index (χ0) is 12.1. The third-order valence-corrected chi connectivity index (χ3v) is 3.42. The van der Waals surface area contributed by atoms with Crippen molar-refractivity contribution in [2.45, 2.75) is 12.8 Å². The van der Waals surface area contributed by atoms with E-state index in [1.165, 1.54) is 0 Å². The molecule has 17 heavy (non-hydrogen) atoms. The molecule has 0 unspecified atom stereocenters. The van der Waals surface area contributed by atoms with Gasteiger partial charge in [0.2, 0.25) is 0 Å². The van der Waals surface area contributed by atoms with Crippen LogP contribution >= 0.6 is 15.9 Å². The van der Waals surface area contributed by atoms with Crippen LogP contribution in [-0.4, -0.2) is 37.0 Å². The molecule has 92 valence electrons. The first-order valence-corrected chi connectivity index (χ1v) is 6.82. The highest BCUT2D eigenvalue weighted by Crippen LogP contribution is 2.14. The van der Waals surface area contributed by atoms with Crippen LogP contribution in [-0.2, 0) is 0 Å². The second-order valence-corrected chi connectivity index (χ2v) is 5.18. The predicted octanol–water partition coefficient (Wildman–Crippen LogP) is 2.27. The maximum atomic E-state index is 12.3. The van der Waals surface area contributed by atoms with Crippen molar-refractivity contribution in [3.8, 4) is 0 Å². The topological polar surface area (TPSA) is 32.3 Å². The van der Waals surface area contributed by atoms with Crippen molar-refractivity contribution >= 4 is 21.8 Å². The molecule has 0 aliphatic carbocycles. The van der Waals surface area contributed by atoms with Crippen molar-refractivity contribution in [3.63, 3.8) is 0 Å². The maximum absolute atomic E-state index is 12.3. The SMILES string of the molecule is O=C(c1cccc(Br)c1)N1CCCNCCC1. The number of amides is 1. The Bertz CT molecular complexity index is 387. The molecular formula is C13H17BrN2O. The Labute approximate surface area is 110 Å². The molecule has 1 aliphatic rings. The molecule has 1 heterocycles. The number of nitrogens with zero attached hydrogens (tertiary/aromatic N) is 1. The lowest BCUT2D eigenvalue weighted by atomic mass is 10.1. The van der Waals surface area contributed by atoms with Gasteiger partial charge in [0.15, 0.2) is 0 Å². The normalized spacial score (nSPS) is 17.4. The lowest BCUT2D eigenvalue weighted by molar-refractivity contribution is 0.0745. The molecule has 1 aromatic carbocycles. The van der Waals surface area contributed by atoms with Crippen LogP contribution in [0.25, 0.3) is 0 Å². The monoisotopic (exact) mass is 296 g/mol. The van der Waals surface area contributed by atoms with Crippen molar-refractivity contribution in [1.82, 2.24) is 10.2 Å². The highest BCUT2D eigenvalue weighted by Gasteiger charge is 2.16. The second kappa shape index (κ2) is 6.17. The third kappa shape index (κ3) is 3.54. The van der Waals surface area contributed by atoms with Crippen LogP contribution in [0.3, 0.4) is 0 Å². The Hall–Kier alpha value is -0.870. The molecule has 0 bridgehead atoms. The Balaban J connectivity index is 2.07. The smallest absolute Gasteiger partial charge is 0.253 e. The second-order valence-electron chi connectivity index (χ2n) is 4.26. The van der Waals surface area contributed by atoms with Gasteiger partial charge in [-0.05, 0) is 44.1 Å². The molecule has 1 N–H and O–H groups in total. The lowest BCUT2D eigenvalue weighted by Crippen LogP contribution is -2.38. The molecule has 1 saturated heterocycles. The molecule has 0 atom stereocenters. The van der Waals surface area contributed by atoms with Gasteiger partial charge in [0.25, 0.3) is 5.91 Å². The summed E-state index contributed by atoms with van der Waals surface area (Å²) in [6, 6.07) is 7.61. The van der Waals surface area contributed by atoms with Crippen LogP contribution in [0, 0.1) is 0 Å². The van der Waals surface area contributed by atoms with E-state index in [-0.39, 0.29) is 5.91 Å². The van der Waals surface area contributed by atoms with Gasteiger partial charge >= 0.3 is 0 Å². The van der Waals surface area contributed by atoms with E-state index in [0.717, 1.165) is 49.1 Å². The Morgan fingerprint density at radius 2 is 1.94 bits per heavy atom. The summed E-state index contributed by atoms with van der Waals surface area (Å²) in [4.78, 5) is 14.3. The summed E-state index contributed by atoms with van der Waals surface area (Å²) in [5, 5.41) is 3.35. The number of rotatable bonds is 1. The van der Waals surface area contributed by atoms with Crippen LogP contribution in [0.15, 0.2) is 28.7 Å². The average molecular weight is 297 g/mol. The Morgan fingerprint density at radius 3 is 2.59 bits per heavy atom. The summed E-state index contributed by atoms with van der Waals surface area (Å²) in [6.07, 6.45) is 2.06. The van der Waals surface area contributed by atoms with E-state index in [9.17, 15) is 4.79 Å². The zero-order valence-electron chi connectivity index (χ0n) is 9.79. The van der Waals surface area contributed by atoms with Gasteiger partial charge in [0, 0.05) is 23.1 Å². The Morgan fingerprint density at radius 1 is 1.24 bits per heavy atom. The lowest BCUT2D eigenvalue weighted by Gasteiger charge is -2.25. The molecule has 1 aromatic rings. The quantitative estimate of drug-likeness (QED) is 0.862. The van der Waals surface area contributed by atoms with Crippen molar-refractivity contribution < 1.29 is 4.79 Å². The highest BCUT2D eigenvalue weighted by atomic mass is 79.9. The van der Waals surface area contributed by atoms with Crippen LogP contribution in [0.1, 0.15) is 23.2 Å². The van der Waals surface area contributed by atoms with Gasteiger partial charge in [0.1, 0.15) is 0 Å². The van der Waals surface area contributed by atoms with Crippen molar-refractivity contribution in [1.29, 1.82) is 0 Å². The molecular weight excluding hydrogens is 280 g/mol. The van der Waals surface area contributed by atoms with Gasteiger partial charge in [0.05, 0.1) is 0 Å². The Kier molecular flexibility index (Phi) is 4.57. The average Bonchev–Trinajstić information content (AvgIpc) is 2.28. The van der Waals surface area contributed by atoms with Gasteiger partial charge in [-0.15, -0.1) is 0 Å². The fraction of sp³-hybridized carbons (Fsp3) is 0.462. The molecule has 0 spiro atoms. The number of hydrogen-bond donors (Lipinski definition) is 1. The van der Waals surface area contributed by atoms with E-state index < -0.39 is 0 Å². The zero-order valence-corrected chi connectivity index (χ0v) is 11.4. The number of nitrogens with one attached hydrogen (secondary N) is 1. The van der Waals surface area contributed by atoms with E-state index >= 15 is 0 Å². The maximum Gasteiger partial charge on any atom is 0.253 e. The molecule has 0 radical (unpaired) electrons. The fourth-order valence-electron chi connectivity index (χ4n) is 2.03. The minimum absolute atomic E-state index is 0.146. The van der Waals surface area contributed by atoms with Gasteiger partial charge in [-0.25, -0.2) is 0 Å². The summed E-state index contributed by atoms with van der Waals surface area (Å²) >= 11 is 3.40. The first-order chi connectivity index (χ1) is 8.27. The minimum Gasteiger partial charge on any atom is -0.339 e. The summed E-state index contributed by atoms with van der Waals surface area (Å²) in [6.45, 7) is 3.70. The van der Waals surface area contributed by atoms with Crippen molar-refractivity contribution in [2.24, 2.45) is 0 Å². The molecule has 1 fully saturated rings. The van der Waals surface area contributed by atoms with Crippen LogP contribution in [0.4, 0.5) is 0 Å². The first-order valence-electron chi connectivity index (χ1n) is 6.03. The fourth-order valence-corrected chi connectivity index (χ4v) is 2.43. The molecule has 0 aromatic heterocycles. The van der Waals surface area contributed by atoms with Gasteiger partial charge < -0.3 is 10.2 Å². The van der Waals surface area contributed by atoms with Crippen molar-refractivity contribution in [2.75, 3.05) is 26.2 Å². The number of carbonyl (C=O) groups is 1. The van der Waals surface area contributed by atoms with Gasteiger partial charge in [-0.3, -0.25) is 4.79 Å². The van der Waals surface area contributed by atoms with E-state index in [0.29, 0.717) is 0 Å². The molecule has 2 rings (SSSR count). The van der Waals surface area contributed by atoms with E-state index in [4.69, 9.17) is 0 Å². The van der Waals surface area contributed by atoms with Gasteiger partial charge in [-0.1, -0.05) is 22.0 Å². The first kappa shape index (κ1) is 12.6. The van der Waals surface area contributed by atoms with Crippen LogP contribution in [0.5, 0.6) is 0 Å². The summed E-state index contributed by atoms with van der Waals surface area (Å²) in [5.74, 6) is 0.146. The summed E-state index contributed by atoms with van der Waals surface area (Å²) < 4.78 is 0.956. The van der Waals surface area contributed by atoms with E-state index in [1.54, 1.807) is 0 Å². The summed E-state index contributed by atoms with van der Waals surface area (Å²) in [7, 11) is 0. The summed E-state index contributed by atoms with van der Waals surface area (Å²) in [5.41, 5.74) is 0.771. The molecule has 1 aliphatic heterocycles. The number of halogens is 1. The minimum atomic E-state index is 0.146. The van der Waals surface area contributed by atoms with E-state index in [2.05, 4.69) is 21.2 Å². The molecule has 1 amide bonds. The molecule has 4 heteroatoms. The molecule has 3 nitrogen and oxygen atoms in total. The highest BCUT2D eigenvalue weighted by molar-refractivity contribution is 9.10. The standard InChI is InChI=1S/C13H17BrN2O/c14-12-5-1-4-11(10-12)13(17)16-8-2-6-15-7-3-9-16/h1,4-5,10,15H,2-3,6-9H2. The number of carbonyl (C=O) groups excluding carboxylic acids is 1. The van der Waals surface area contributed by atoms with E-state index in [1.807, 2.05) is 29.2 Å². The van der Waals surface area contributed by atoms with Crippen LogP contribution in [0.2, 0.25) is 0 Å². The number of hydrogen-bond acceptors (Lipinski definition) is 2. The molecule has 0 saturated carbocycles. The predicted molar refractivity (Wildman–Crippen MR) is 72.1 cm³/mol. The van der Waals surface area contributed by atoms with Crippen LogP contribution < -0.4 is 5.32 Å². The van der Waals surface area contributed by atoms with Crippen molar-refractivity contribution in [3.05, 3.63) is 34.3 Å². The largest absolute Gasteiger partial charge is 0.339 e. The third-order valence-electron chi connectivity index (χ3n) is 2.92.